The minimum absolute atomic E-state index is 0.356. The normalized spacial score (nSPS) is 29.9. The first-order valence-electron chi connectivity index (χ1n) is 8.74. The van der Waals surface area contributed by atoms with E-state index in [4.69, 9.17) is 0 Å². The Morgan fingerprint density at radius 3 is 2.00 bits per heavy atom. The van der Waals surface area contributed by atoms with Gasteiger partial charge in [0, 0.05) is 53.7 Å². The lowest BCUT2D eigenvalue weighted by Gasteiger charge is -2.30. The average molecular weight is 385 g/mol. The van der Waals surface area contributed by atoms with Crippen LogP contribution in [0.4, 0.5) is 5.69 Å². The van der Waals surface area contributed by atoms with Gasteiger partial charge >= 0.3 is 0 Å². The van der Waals surface area contributed by atoms with E-state index in [1.165, 1.54) is 24.3 Å². The zero-order valence-corrected chi connectivity index (χ0v) is 16.1. The third-order valence-corrected chi connectivity index (χ3v) is 6.65. The van der Waals surface area contributed by atoms with Crippen molar-refractivity contribution in [1.82, 2.24) is 4.90 Å². The van der Waals surface area contributed by atoms with Gasteiger partial charge in [0.15, 0.2) is 0 Å². The molecule has 0 bridgehead atoms. The summed E-state index contributed by atoms with van der Waals surface area (Å²) in [7, 11) is 0. The van der Waals surface area contributed by atoms with Crippen LogP contribution in [0.2, 0.25) is 0 Å². The van der Waals surface area contributed by atoms with Crippen molar-refractivity contribution in [2.24, 2.45) is 10.8 Å². The fourth-order valence-corrected chi connectivity index (χ4v) is 4.86. The summed E-state index contributed by atoms with van der Waals surface area (Å²) < 4.78 is 1.15. The molecule has 0 saturated carbocycles. The topological polar surface area (TPSA) is 6.48 Å². The molecule has 0 amide bonds. The number of hydrogen-bond acceptors (Lipinski definition) is 2. The summed E-state index contributed by atoms with van der Waals surface area (Å²) in [5, 5.41) is 0. The first kappa shape index (κ1) is 16.2. The Morgan fingerprint density at radius 1 is 0.833 bits per heavy atom. The Bertz CT molecular complexity index is 694. The van der Waals surface area contributed by atoms with E-state index in [1.807, 2.05) is 0 Å². The quantitative estimate of drug-likeness (QED) is 0.749. The SMILES string of the molecule is CC12CN(Cc3ccccc3)CC1(C)CN(c1ccc(Br)cc1)C2. The molecule has 0 radical (unpaired) electrons. The number of hydrogen-bond donors (Lipinski definition) is 0. The smallest absolute Gasteiger partial charge is 0.0367 e. The molecule has 0 N–H and O–H groups in total. The van der Waals surface area contributed by atoms with Crippen molar-refractivity contribution in [1.29, 1.82) is 0 Å². The molecule has 2 unspecified atom stereocenters. The van der Waals surface area contributed by atoms with Gasteiger partial charge in [-0.15, -0.1) is 0 Å². The van der Waals surface area contributed by atoms with Crippen LogP contribution in [0.1, 0.15) is 19.4 Å². The maximum atomic E-state index is 3.54. The van der Waals surface area contributed by atoms with E-state index in [9.17, 15) is 0 Å². The van der Waals surface area contributed by atoms with Gasteiger partial charge < -0.3 is 4.90 Å². The fourth-order valence-electron chi connectivity index (χ4n) is 4.59. The average Bonchev–Trinajstić information content (AvgIpc) is 2.93. The molecule has 2 aromatic carbocycles. The third-order valence-electron chi connectivity index (χ3n) is 6.12. The van der Waals surface area contributed by atoms with Crippen molar-refractivity contribution in [3.63, 3.8) is 0 Å². The second kappa shape index (κ2) is 5.89. The summed E-state index contributed by atoms with van der Waals surface area (Å²) >= 11 is 3.54. The molecule has 2 saturated heterocycles. The third kappa shape index (κ3) is 2.78. The van der Waals surface area contributed by atoms with Crippen LogP contribution in [-0.4, -0.2) is 31.1 Å². The van der Waals surface area contributed by atoms with E-state index >= 15 is 0 Å². The number of likely N-dealkylation sites (tertiary alicyclic amines) is 1. The largest absolute Gasteiger partial charge is 0.370 e. The Hall–Kier alpha value is -1.32. The number of anilines is 1. The fraction of sp³-hybridized carbons (Fsp3) is 0.429. The number of nitrogens with zero attached hydrogens (tertiary/aromatic N) is 2. The summed E-state index contributed by atoms with van der Waals surface area (Å²) in [5.41, 5.74) is 3.49. The molecule has 2 aromatic rings. The molecule has 2 heterocycles. The van der Waals surface area contributed by atoms with E-state index in [-0.39, 0.29) is 0 Å². The predicted octanol–water partition coefficient (Wildman–Crippen LogP) is 4.80. The Kier molecular flexibility index (Phi) is 3.97. The molecule has 3 heteroatoms. The lowest BCUT2D eigenvalue weighted by molar-refractivity contribution is 0.212. The lowest BCUT2D eigenvalue weighted by atomic mass is 9.71. The van der Waals surface area contributed by atoms with Gasteiger partial charge in [-0.25, -0.2) is 0 Å². The van der Waals surface area contributed by atoms with Crippen LogP contribution in [0, 0.1) is 10.8 Å². The van der Waals surface area contributed by atoms with Crippen LogP contribution in [0.15, 0.2) is 59.1 Å². The van der Waals surface area contributed by atoms with Gasteiger partial charge in [0.2, 0.25) is 0 Å². The van der Waals surface area contributed by atoms with E-state index in [2.05, 4.69) is 94.2 Å². The second-order valence-corrected chi connectivity index (χ2v) is 9.00. The first-order valence-corrected chi connectivity index (χ1v) is 9.54. The number of halogens is 1. The first-order chi connectivity index (χ1) is 11.5. The Balaban J connectivity index is 1.49. The molecule has 2 atom stereocenters. The van der Waals surface area contributed by atoms with Crippen molar-refractivity contribution in [2.75, 3.05) is 31.1 Å². The highest BCUT2D eigenvalue weighted by Crippen LogP contribution is 2.52. The summed E-state index contributed by atoms with van der Waals surface area (Å²) in [5.74, 6) is 0. The van der Waals surface area contributed by atoms with Gasteiger partial charge in [0.25, 0.3) is 0 Å². The van der Waals surface area contributed by atoms with Gasteiger partial charge in [-0.05, 0) is 29.8 Å². The molecule has 4 rings (SSSR count). The molecule has 24 heavy (non-hydrogen) atoms. The van der Waals surface area contributed by atoms with Crippen LogP contribution in [-0.2, 0) is 6.54 Å². The maximum absolute atomic E-state index is 3.54. The van der Waals surface area contributed by atoms with Crippen molar-refractivity contribution in [3.8, 4) is 0 Å². The predicted molar refractivity (Wildman–Crippen MR) is 104 cm³/mol. The van der Waals surface area contributed by atoms with Crippen LogP contribution in [0.25, 0.3) is 0 Å². The van der Waals surface area contributed by atoms with Crippen molar-refractivity contribution in [3.05, 3.63) is 64.6 Å². The zero-order chi connectivity index (χ0) is 16.8. The minimum Gasteiger partial charge on any atom is -0.370 e. The number of rotatable bonds is 3. The highest BCUT2D eigenvalue weighted by molar-refractivity contribution is 9.10. The van der Waals surface area contributed by atoms with Gasteiger partial charge in [-0.3, -0.25) is 4.90 Å². The van der Waals surface area contributed by atoms with E-state index in [0.29, 0.717) is 10.8 Å². The Morgan fingerprint density at radius 2 is 1.42 bits per heavy atom. The second-order valence-electron chi connectivity index (χ2n) is 8.08. The molecule has 0 spiro atoms. The lowest BCUT2D eigenvalue weighted by Crippen LogP contribution is -2.34. The summed E-state index contributed by atoms with van der Waals surface area (Å²) in [4.78, 5) is 5.22. The summed E-state index contributed by atoms with van der Waals surface area (Å²) in [6, 6.07) is 19.6. The molecular formula is C21H25BrN2. The molecule has 2 fully saturated rings. The standard InChI is InChI=1S/C21H25BrN2/c1-20-13-23(12-17-6-4-3-5-7-17)14-21(20,2)16-24(15-20)19-10-8-18(22)9-11-19/h3-11H,12-16H2,1-2H3. The molecule has 0 aromatic heterocycles. The van der Waals surface area contributed by atoms with Crippen LogP contribution < -0.4 is 4.90 Å². The van der Waals surface area contributed by atoms with E-state index in [0.717, 1.165) is 24.1 Å². The zero-order valence-electron chi connectivity index (χ0n) is 14.5. The molecule has 2 aliphatic rings. The molecule has 2 aliphatic heterocycles. The molecule has 0 aliphatic carbocycles. The summed E-state index contributed by atoms with van der Waals surface area (Å²) in [6.07, 6.45) is 0. The molecule has 2 nitrogen and oxygen atoms in total. The Labute approximate surface area is 153 Å². The van der Waals surface area contributed by atoms with Crippen molar-refractivity contribution in [2.45, 2.75) is 20.4 Å². The van der Waals surface area contributed by atoms with E-state index in [1.54, 1.807) is 0 Å². The van der Waals surface area contributed by atoms with Gasteiger partial charge in [0.05, 0.1) is 0 Å². The number of benzene rings is 2. The van der Waals surface area contributed by atoms with Crippen LogP contribution >= 0.6 is 15.9 Å². The van der Waals surface area contributed by atoms with Crippen molar-refractivity contribution < 1.29 is 0 Å². The monoisotopic (exact) mass is 384 g/mol. The van der Waals surface area contributed by atoms with Crippen LogP contribution in [0.3, 0.4) is 0 Å². The minimum atomic E-state index is 0.356. The van der Waals surface area contributed by atoms with Gasteiger partial charge in [-0.1, -0.05) is 60.1 Å². The van der Waals surface area contributed by atoms with Crippen LogP contribution in [0.5, 0.6) is 0 Å². The van der Waals surface area contributed by atoms with Gasteiger partial charge in [-0.2, -0.15) is 0 Å². The van der Waals surface area contributed by atoms with Crippen molar-refractivity contribution >= 4 is 21.6 Å². The molecule has 126 valence electrons. The highest BCUT2D eigenvalue weighted by Gasteiger charge is 2.57. The number of fused-ring (bicyclic) bond motifs is 1. The highest BCUT2D eigenvalue weighted by atomic mass is 79.9. The van der Waals surface area contributed by atoms with E-state index < -0.39 is 0 Å². The van der Waals surface area contributed by atoms with Gasteiger partial charge in [0.1, 0.15) is 0 Å². The molecular weight excluding hydrogens is 360 g/mol. The maximum Gasteiger partial charge on any atom is 0.0367 e. The summed E-state index contributed by atoms with van der Waals surface area (Å²) in [6.45, 7) is 10.7.